The molecule has 17 heavy (non-hydrogen) atoms. The van der Waals surface area contributed by atoms with Crippen LogP contribution in [0.25, 0.3) is 0 Å². The largest absolute Gasteiger partial charge is 0.393 e. The minimum atomic E-state index is -0.254. The smallest absolute Gasteiger partial charge is 0.232 e. The van der Waals surface area contributed by atoms with E-state index in [4.69, 9.17) is 18.0 Å². The van der Waals surface area contributed by atoms with E-state index < -0.39 is 0 Å². The SMILES string of the molecule is CCCC(C(=O)N1CCSC(CC)C1)C(N)=S. The van der Waals surface area contributed by atoms with Crippen LogP contribution in [0.3, 0.4) is 0 Å². The van der Waals surface area contributed by atoms with E-state index in [0.29, 0.717) is 10.2 Å². The maximum atomic E-state index is 12.3. The summed E-state index contributed by atoms with van der Waals surface area (Å²) in [6.45, 7) is 5.91. The lowest BCUT2D eigenvalue weighted by molar-refractivity contribution is -0.133. The van der Waals surface area contributed by atoms with Crippen molar-refractivity contribution in [2.45, 2.75) is 38.4 Å². The average Bonchev–Trinajstić information content (AvgIpc) is 2.34. The molecule has 1 rings (SSSR count). The number of thioether (sulfide) groups is 1. The number of rotatable bonds is 5. The molecule has 1 heterocycles. The van der Waals surface area contributed by atoms with Gasteiger partial charge < -0.3 is 10.6 Å². The highest BCUT2D eigenvalue weighted by atomic mass is 32.2. The minimum absolute atomic E-state index is 0.137. The Labute approximate surface area is 113 Å². The summed E-state index contributed by atoms with van der Waals surface area (Å²) >= 11 is 6.97. The van der Waals surface area contributed by atoms with Gasteiger partial charge in [0.1, 0.15) is 0 Å². The Morgan fingerprint density at radius 1 is 1.59 bits per heavy atom. The van der Waals surface area contributed by atoms with E-state index in [-0.39, 0.29) is 11.8 Å². The van der Waals surface area contributed by atoms with Gasteiger partial charge >= 0.3 is 0 Å². The first kappa shape index (κ1) is 14.8. The molecule has 0 spiro atoms. The highest BCUT2D eigenvalue weighted by Gasteiger charge is 2.29. The predicted octanol–water partition coefficient (Wildman–Crippen LogP) is 2.04. The maximum absolute atomic E-state index is 12.3. The van der Waals surface area contributed by atoms with Crippen molar-refractivity contribution in [2.24, 2.45) is 11.7 Å². The number of hydrogen-bond donors (Lipinski definition) is 1. The second kappa shape index (κ2) is 7.21. The summed E-state index contributed by atoms with van der Waals surface area (Å²) in [5.74, 6) is 0.911. The van der Waals surface area contributed by atoms with Gasteiger partial charge in [-0.05, 0) is 12.8 Å². The quantitative estimate of drug-likeness (QED) is 0.779. The fraction of sp³-hybridized carbons (Fsp3) is 0.833. The Kier molecular flexibility index (Phi) is 6.27. The number of thiocarbonyl (C=S) groups is 1. The molecule has 0 aromatic carbocycles. The zero-order valence-corrected chi connectivity index (χ0v) is 12.3. The Morgan fingerprint density at radius 3 is 2.82 bits per heavy atom. The highest BCUT2D eigenvalue weighted by molar-refractivity contribution is 8.00. The van der Waals surface area contributed by atoms with Crippen molar-refractivity contribution in [3.8, 4) is 0 Å². The zero-order valence-electron chi connectivity index (χ0n) is 10.6. The highest BCUT2D eigenvalue weighted by Crippen LogP contribution is 2.23. The van der Waals surface area contributed by atoms with Crippen LogP contribution in [-0.2, 0) is 4.79 Å². The first-order chi connectivity index (χ1) is 8.10. The van der Waals surface area contributed by atoms with Crippen LogP contribution in [0.2, 0.25) is 0 Å². The van der Waals surface area contributed by atoms with Crippen LogP contribution in [-0.4, -0.2) is 39.9 Å². The van der Waals surface area contributed by atoms with Crippen LogP contribution in [0.15, 0.2) is 0 Å². The van der Waals surface area contributed by atoms with Crippen LogP contribution >= 0.6 is 24.0 Å². The van der Waals surface area contributed by atoms with E-state index in [2.05, 4.69) is 13.8 Å². The van der Waals surface area contributed by atoms with E-state index in [9.17, 15) is 4.79 Å². The molecule has 0 aliphatic carbocycles. The molecule has 2 unspecified atom stereocenters. The average molecular weight is 274 g/mol. The van der Waals surface area contributed by atoms with Gasteiger partial charge in [0, 0.05) is 24.1 Å². The normalized spacial score (nSPS) is 22.2. The molecule has 5 heteroatoms. The van der Waals surface area contributed by atoms with Crippen LogP contribution in [0, 0.1) is 5.92 Å². The molecule has 0 bridgehead atoms. The standard InChI is InChI=1S/C12H22N2OS2/c1-3-5-10(11(13)16)12(15)14-6-7-17-9(4-2)8-14/h9-10H,3-8H2,1-2H3,(H2,13,16). The number of amides is 1. The molecule has 2 atom stereocenters. The summed E-state index contributed by atoms with van der Waals surface area (Å²) in [5, 5.41) is 0.571. The maximum Gasteiger partial charge on any atom is 0.232 e. The molecule has 1 amide bonds. The van der Waals surface area contributed by atoms with Crippen molar-refractivity contribution < 1.29 is 4.79 Å². The fourth-order valence-electron chi connectivity index (χ4n) is 2.06. The van der Waals surface area contributed by atoms with E-state index in [1.807, 2.05) is 16.7 Å². The lowest BCUT2D eigenvalue weighted by Gasteiger charge is -2.34. The zero-order chi connectivity index (χ0) is 12.8. The van der Waals surface area contributed by atoms with Gasteiger partial charge in [-0.25, -0.2) is 0 Å². The number of nitrogens with zero attached hydrogens (tertiary/aromatic N) is 1. The molecule has 0 aromatic rings. The third-order valence-electron chi connectivity index (χ3n) is 3.12. The molecular formula is C12H22N2OS2. The summed E-state index contributed by atoms with van der Waals surface area (Å²) in [6, 6.07) is 0. The minimum Gasteiger partial charge on any atom is -0.393 e. The number of carbonyl (C=O) groups is 1. The second-order valence-electron chi connectivity index (χ2n) is 4.43. The van der Waals surface area contributed by atoms with Gasteiger partial charge in [-0.15, -0.1) is 0 Å². The van der Waals surface area contributed by atoms with Gasteiger partial charge in [0.25, 0.3) is 0 Å². The van der Waals surface area contributed by atoms with Gasteiger partial charge in [-0.3, -0.25) is 4.79 Å². The van der Waals surface area contributed by atoms with E-state index in [1.54, 1.807) is 0 Å². The molecule has 1 fully saturated rings. The molecule has 98 valence electrons. The van der Waals surface area contributed by atoms with E-state index >= 15 is 0 Å². The van der Waals surface area contributed by atoms with Crippen LogP contribution in [0.4, 0.5) is 0 Å². The monoisotopic (exact) mass is 274 g/mol. The summed E-state index contributed by atoms with van der Waals surface area (Å²) in [6.07, 6.45) is 2.82. The van der Waals surface area contributed by atoms with Gasteiger partial charge in [0.2, 0.25) is 5.91 Å². The molecule has 3 nitrogen and oxygen atoms in total. The van der Waals surface area contributed by atoms with Crippen LogP contribution in [0.1, 0.15) is 33.1 Å². The van der Waals surface area contributed by atoms with Crippen molar-refractivity contribution >= 4 is 34.9 Å². The lowest BCUT2D eigenvalue weighted by atomic mass is 10.0. The molecule has 2 N–H and O–H groups in total. The van der Waals surface area contributed by atoms with Crippen molar-refractivity contribution in [1.82, 2.24) is 4.90 Å². The molecule has 0 radical (unpaired) electrons. The van der Waals surface area contributed by atoms with Crippen molar-refractivity contribution in [1.29, 1.82) is 0 Å². The first-order valence-electron chi connectivity index (χ1n) is 6.29. The number of nitrogens with two attached hydrogens (primary N) is 1. The summed E-state index contributed by atoms with van der Waals surface area (Å²) in [7, 11) is 0. The number of carbonyl (C=O) groups excluding carboxylic acids is 1. The molecule has 0 saturated carbocycles. The summed E-state index contributed by atoms with van der Waals surface area (Å²) < 4.78 is 0. The molecule has 1 aliphatic rings. The molecular weight excluding hydrogens is 252 g/mol. The molecule has 1 aliphatic heterocycles. The third kappa shape index (κ3) is 4.14. The van der Waals surface area contributed by atoms with Crippen molar-refractivity contribution in [3.63, 3.8) is 0 Å². The fourth-order valence-corrected chi connectivity index (χ4v) is 3.46. The van der Waals surface area contributed by atoms with Crippen molar-refractivity contribution in [2.75, 3.05) is 18.8 Å². The summed E-state index contributed by atoms with van der Waals surface area (Å²) in [4.78, 5) is 14.6. The Balaban J connectivity index is 2.63. The van der Waals surface area contributed by atoms with Gasteiger partial charge in [-0.1, -0.05) is 32.5 Å². The van der Waals surface area contributed by atoms with E-state index in [1.165, 1.54) is 0 Å². The molecule has 0 aromatic heterocycles. The van der Waals surface area contributed by atoms with Crippen LogP contribution in [0.5, 0.6) is 0 Å². The van der Waals surface area contributed by atoms with Crippen molar-refractivity contribution in [3.05, 3.63) is 0 Å². The molecule has 1 saturated heterocycles. The topological polar surface area (TPSA) is 46.3 Å². The van der Waals surface area contributed by atoms with Crippen LogP contribution < -0.4 is 5.73 Å². The van der Waals surface area contributed by atoms with Gasteiger partial charge in [-0.2, -0.15) is 11.8 Å². The van der Waals surface area contributed by atoms with Gasteiger partial charge in [0.05, 0.1) is 10.9 Å². The first-order valence-corrected chi connectivity index (χ1v) is 7.75. The Morgan fingerprint density at radius 2 is 2.29 bits per heavy atom. The lowest BCUT2D eigenvalue weighted by Crippen LogP contribution is -2.47. The Bertz CT molecular complexity index is 284. The second-order valence-corrected chi connectivity index (χ2v) is 6.31. The Hall–Kier alpha value is -0.290. The number of hydrogen-bond acceptors (Lipinski definition) is 3. The summed E-state index contributed by atoms with van der Waals surface area (Å²) in [5.41, 5.74) is 5.68. The predicted molar refractivity (Wildman–Crippen MR) is 78.3 cm³/mol. The van der Waals surface area contributed by atoms with Gasteiger partial charge in [0.15, 0.2) is 0 Å². The third-order valence-corrected chi connectivity index (χ3v) is 4.78. The van der Waals surface area contributed by atoms with E-state index in [0.717, 1.165) is 38.1 Å².